The largest absolute Gasteiger partial charge is 0.416 e. The van der Waals surface area contributed by atoms with Gasteiger partial charge in [-0.25, -0.2) is 15.0 Å². The van der Waals surface area contributed by atoms with Crippen LogP contribution in [0.15, 0.2) is 54.9 Å². The Kier molecular flexibility index (Phi) is 7.59. The second-order valence-corrected chi connectivity index (χ2v) is 11.0. The van der Waals surface area contributed by atoms with E-state index in [9.17, 15) is 22.8 Å². The van der Waals surface area contributed by atoms with Gasteiger partial charge in [-0.3, -0.25) is 14.0 Å². The van der Waals surface area contributed by atoms with Gasteiger partial charge < -0.3 is 16.4 Å². The second-order valence-electron chi connectivity index (χ2n) is 11.0. The van der Waals surface area contributed by atoms with Crippen molar-refractivity contribution in [3.8, 4) is 11.3 Å². The topological polar surface area (TPSA) is 127 Å². The first-order valence-corrected chi connectivity index (χ1v) is 14.2. The summed E-state index contributed by atoms with van der Waals surface area (Å²) in [5, 5.41) is 5.63. The maximum atomic E-state index is 13.1. The van der Waals surface area contributed by atoms with E-state index in [0.717, 1.165) is 68.4 Å². The predicted octanol–water partition coefficient (Wildman–Crippen LogP) is 5.98. The summed E-state index contributed by atoms with van der Waals surface area (Å²) in [6.45, 7) is 0. The highest BCUT2D eigenvalue weighted by Gasteiger charge is 2.32. The Bertz CT molecular complexity index is 1710. The van der Waals surface area contributed by atoms with Crippen LogP contribution in [0, 0.1) is 0 Å². The first kappa shape index (κ1) is 28.4. The molecule has 1 saturated carbocycles. The first-order chi connectivity index (χ1) is 20.7. The van der Waals surface area contributed by atoms with Crippen LogP contribution in [-0.2, 0) is 11.0 Å². The van der Waals surface area contributed by atoms with Crippen molar-refractivity contribution < 1.29 is 22.8 Å². The number of hydrogen-bond acceptors (Lipinski definition) is 6. The normalized spacial score (nSPS) is 19.2. The summed E-state index contributed by atoms with van der Waals surface area (Å²) in [5.41, 5.74) is 8.59. The van der Waals surface area contributed by atoms with Gasteiger partial charge in [-0.2, -0.15) is 13.2 Å². The minimum Gasteiger partial charge on any atom is -0.382 e. The third kappa shape index (κ3) is 5.95. The molecule has 12 heteroatoms. The van der Waals surface area contributed by atoms with Crippen molar-refractivity contribution in [3.63, 3.8) is 0 Å². The lowest BCUT2D eigenvalue weighted by atomic mass is 9.85. The molecule has 1 aliphatic carbocycles. The van der Waals surface area contributed by atoms with Crippen LogP contribution in [-0.4, -0.2) is 37.2 Å². The molecule has 9 nitrogen and oxygen atoms in total. The predicted molar refractivity (Wildman–Crippen MR) is 156 cm³/mol. The minimum atomic E-state index is -4.55. The van der Waals surface area contributed by atoms with E-state index in [0.29, 0.717) is 29.0 Å². The maximum absolute atomic E-state index is 13.1. The Balaban J connectivity index is 1.36. The molecule has 222 valence electrons. The van der Waals surface area contributed by atoms with Gasteiger partial charge in [0.1, 0.15) is 28.7 Å². The van der Waals surface area contributed by atoms with Gasteiger partial charge in [-0.05, 0) is 62.4 Å². The third-order valence-corrected chi connectivity index (χ3v) is 7.96. The second kappa shape index (κ2) is 11.5. The fraction of sp³-hybridized carbons (Fsp3) is 0.323. The molecule has 1 aliphatic heterocycles. The highest BCUT2D eigenvalue weighted by atomic mass is 19.4. The number of rotatable bonds is 3. The Morgan fingerprint density at radius 1 is 1.09 bits per heavy atom. The molecule has 2 aliphatic rings. The molecule has 4 aromatic rings. The van der Waals surface area contributed by atoms with Gasteiger partial charge in [-0.1, -0.05) is 24.6 Å². The number of fused-ring (bicyclic) bond motifs is 3. The molecular formula is C31H30F3N7O2. The molecule has 2 bridgehead atoms. The van der Waals surface area contributed by atoms with Crippen LogP contribution >= 0.6 is 0 Å². The van der Waals surface area contributed by atoms with Crippen molar-refractivity contribution in [2.45, 2.75) is 63.1 Å². The molecule has 0 radical (unpaired) electrons. The number of nitrogens with one attached hydrogen (secondary N) is 2. The van der Waals surface area contributed by atoms with Crippen LogP contribution in [0.5, 0.6) is 0 Å². The van der Waals surface area contributed by atoms with Crippen molar-refractivity contribution in [2.24, 2.45) is 0 Å². The van der Waals surface area contributed by atoms with Crippen LogP contribution in [0.1, 0.15) is 78.3 Å². The number of nitrogen functional groups attached to an aromatic ring is 1. The lowest BCUT2D eigenvalue weighted by Gasteiger charge is -2.29. The van der Waals surface area contributed by atoms with E-state index in [1.54, 1.807) is 30.5 Å². The van der Waals surface area contributed by atoms with Crippen molar-refractivity contribution in [2.75, 3.05) is 11.1 Å². The molecule has 6 rings (SSSR count). The summed E-state index contributed by atoms with van der Waals surface area (Å²) in [6.07, 6.45) is 7.72. The van der Waals surface area contributed by atoms with Crippen LogP contribution in [0.3, 0.4) is 0 Å². The van der Waals surface area contributed by atoms with Crippen LogP contribution in [0.2, 0.25) is 0 Å². The highest BCUT2D eigenvalue weighted by molar-refractivity contribution is 6.04. The van der Waals surface area contributed by atoms with E-state index < -0.39 is 17.6 Å². The molecule has 2 atom stereocenters. The quantitative estimate of drug-likeness (QED) is 0.270. The molecule has 43 heavy (non-hydrogen) atoms. The number of nitrogens with zero attached hydrogens (tertiary/aromatic N) is 4. The minimum absolute atomic E-state index is 0.0718. The number of aromatic nitrogens is 4. The molecule has 4 heterocycles. The van der Waals surface area contributed by atoms with Gasteiger partial charge in [-0.15, -0.1) is 0 Å². The number of anilines is 2. The Morgan fingerprint density at radius 3 is 2.70 bits per heavy atom. The summed E-state index contributed by atoms with van der Waals surface area (Å²) in [6, 6.07) is 8.31. The van der Waals surface area contributed by atoms with Crippen molar-refractivity contribution >= 4 is 35.0 Å². The number of allylic oxidation sites excluding steroid dienone is 1. The number of carbonyl (C=O) groups is 2. The van der Waals surface area contributed by atoms with Gasteiger partial charge in [0.15, 0.2) is 0 Å². The Labute approximate surface area is 245 Å². The SMILES string of the molecule is Nc1ncc2n3c(nc(-c4ccc(C(=O)Nc5cc(C(F)(F)F)ccn5)cc4)c13)[C@@H]1CCC[C@H](C1)NC(=O)CCCC=C2. The average molecular weight is 590 g/mol. The lowest BCUT2D eigenvalue weighted by molar-refractivity contribution is -0.137. The molecular weight excluding hydrogens is 559 g/mol. The van der Waals surface area contributed by atoms with E-state index in [1.807, 2.05) is 12.2 Å². The van der Waals surface area contributed by atoms with E-state index in [4.69, 9.17) is 10.7 Å². The Hall–Kier alpha value is -4.74. The van der Waals surface area contributed by atoms with E-state index in [-0.39, 0.29) is 29.2 Å². The lowest BCUT2D eigenvalue weighted by Crippen LogP contribution is -2.38. The zero-order valence-corrected chi connectivity index (χ0v) is 23.2. The van der Waals surface area contributed by atoms with Gasteiger partial charge in [0, 0.05) is 35.7 Å². The van der Waals surface area contributed by atoms with Crippen molar-refractivity contribution in [3.05, 3.63) is 77.5 Å². The molecule has 0 unspecified atom stereocenters. The van der Waals surface area contributed by atoms with E-state index in [2.05, 4.69) is 25.0 Å². The van der Waals surface area contributed by atoms with Crippen LogP contribution in [0.4, 0.5) is 24.8 Å². The van der Waals surface area contributed by atoms with Gasteiger partial charge in [0.05, 0.1) is 17.5 Å². The number of benzene rings is 1. The molecule has 1 fully saturated rings. The number of hydrogen-bond donors (Lipinski definition) is 3. The number of halogens is 3. The highest BCUT2D eigenvalue weighted by Crippen LogP contribution is 2.38. The van der Waals surface area contributed by atoms with E-state index >= 15 is 0 Å². The fourth-order valence-corrected chi connectivity index (χ4v) is 5.87. The Morgan fingerprint density at radius 2 is 1.91 bits per heavy atom. The zero-order chi connectivity index (χ0) is 30.1. The van der Waals surface area contributed by atoms with Crippen molar-refractivity contribution in [1.29, 1.82) is 0 Å². The molecule has 4 N–H and O–H groups in total. The number of alkyl halides is 3. The van der Waals surface area contributed by atoms with Gasteiger partial charge >= 0.3 is 6.18 Å². The van der Waals surface area contributed by atoms with Gasteiger partial charge in [0.25, 0.3) is 5.91 Å². The molecule has 3 aromatic heterocycles. The molecule has 0 spiro atoms. The molecule has 1 aromatic carbocycles. The van der Waals surface area contributed by atoms with Gasteiger partial charge in [0.2, 0.25) is 5.91 Å². The van der Waals surface area contributed by atoms with Crippen LogP contribution < -0.4 is 16.4 Å². The summed E-state index contributed by atoms with van der Waals surface area (Å²) in [4.78, 5) is 38.7. The molecule has 2 amide bonds. The van der Waals surface area contributed by atoms with Crippen molar-refractivity contribution in [1.82, 2.24) is 24.7 Å². The number of pyridine rings is 1. The number of nitrogens with two attached hydrogens (primary N) is 1. The summed E-state index contributed by atoms with van der Waals surface area (Å²) >= 11 is 0. The summed E-state index contributed by atoms with van der Waals surface area (Å²) < 4.78 is 41.3. The maximum Gasteiger partial charge on any atom is 0.416 e. The average Bonchev–Trinajstić information content (AvgIpc) is 3.40. The standard InChI is InChI=1S/C31H30F3N7O2/c32-31(33,34)21-13-14-36-24(16-21)39-30(43)19-11-9-18(10-12-19)26-27-28(35)37-17-23-7-2-1-3-8-25(42)38-22-6-4-5-20(15-22)29(40-26)41(23)27/h2,7,9-14,16-17,20,22H,1,3-6,8,15H2,(H2,35,37)(H,38,42)(H,36,39,43)/t20-,22-/m1/s1. The number of imidazole rings is 1. The first-order valence-electron chi connectivity index (χ1n) is 14.2. The zero-order valence-electron chi connectivity index (χ0n) is 23.2. The molecule has 0 saturated heterocycles. The van der Waals surface area contributed by atoms with Crippen LogP contribution in [0.25, 0.3) is 22.9 Å². The summed E-state index contributed by atoms with van der Waals surface area (Å²) in [5.74, 6) is 0.514. The smallest absolute Gasteiger partial charge is 0.382 e. The van der Waals surface area contributed by atoms with E-state index in [1.165, 1.54) is 0 Å². The fourth-order valence-electron chi connectivity index (χ4n) is 5.87. The summed E-state index contributed by atoms with van der Waals surface area (Å²) in [7, 11) is 0. The number of amides is 2. The number of carbonyl (C=O) groups excluding carboxylic acids is 2. The monoisotopic (exact) mass is 589 g/mol. The third-order valence-electron chi connectivity index (χ3n) is 7.96.